The highest BCUT2D eigenvalue weighted by Crippen LogP contribution is 2.40. The van der Waals surface area contributed by atoms with Crippen LogP contribution in [-0.2, 0) is 4.79 Å². The van der Waals surface area contributed by atoms with E-state index in [0.717, 1.165) is 17.7 Å². The fourth-order valence-electron chi connectivity index (χ4n) is 3.26. The number of carbonyl (C=O) groups is 1. The third-order valence-electron chi connectivity index (χ3n) is 4.50. The van der Waals surface area contributed by atoms with Crippen LogP contribution in [0.15, 0.2) is 30.3 Å². The summed E-state index contributed by atoms with van der Waals surface area (Å²) in [6.45, 7) is 1.79. The Morgan fingerprint density at radius 1 is 1.19 bits per heavy atom. The van der Waals surface area contributed by atoms with Gasteiger partial charge >= 0.3 is 0 Å². The lowest BCUT2D eigenvalue weighted by Crippen LogP contribution is -2.25. The molecule has 1 amide bonds. The average Bonchev–Trinajstić information content (AvgIpc) is 3.00. The Kier molecular flexibility index (Phi) is 4.06. The molecule has 3 aromatic rings. The zero-order valence-corrected chi connectivity index (χ0v) is 14.5. The molecule has 9 heteroatoms. The first-order valence-corrected chi connectivity index (χ1v) is 8.20. The molecule has 1 aliphatic heterocycles. The van der Waals surface area contributed by atoms with Crippen molar-refractivity contribution in [1.29, 1.82) is 0 Å². The number of aromatic nitrogens is 4. The van der Waals surface area contributed by atoms with Crippen LogP contribution in [0.5, 0.6) is 5.88 Å². The summed E-state index contributed by atoms with van der Waals surface area (Å²) in [5.41, 5.74) is 1.89. The second-order valence-corrected chi connectivity index (χ2v) is 6.17. The number of rotatable bonds is 3. The van der Waals surface area contributed by atoms with Gasteiger partial charge in [0.1, 0.15) is 5.82 Å². The average molecular weight is 371 g/mol. The first-order valence-electron chi connectivity index (χ1n) is 8.20. The fraction of sp³-hybridized carbons (Fsp3) is 0.222. The Morgan fingerprint density at radius 3 is 2.67 bits per heavy atom. The monoisotopic (exact) mass is 371 g/mol. The van der Waals surface area contributed by atoms with Crippen molar-refractivity contribution in [1.82, 2.24) is 20.0 Å². The highest BCUT2D eigenvalue weighted by atomic mass is 19.2. The van der Waals surface area contributed by atoms with Gasteiger partial charge in [-0.05, 0) is 30.7 Å². The van der Waals surface area contributed by atoms with Crippen LogP contribution >= 0.6 is 0 Å². The molecule has 4 rings (SSSR count). The van der Waals surface area contributed by atoms with Gasteiger partial charge in [0.25, 0.3) is 0 Å². The molecule has 0 spiro atoms. The molecule has 0 saturated heterocycles. The molecule has 0 radical (unpaired) electrons. The van der Waals surface area contributed by atoms with E-state index in [-0.39, 0.29) is 12.3 Å². The molecule has 2 aromatic heterocycles. The zero-order chi connectivity index (χ0) is 19.1. The first kappa shape index (κ1) is 17.1. The van der Waals surface area contributed by atoms with Crippen molar-refractivity contribution in [2.45, 2.75) is 19.3 Å². The third kappa shape index (κ3) is 2.90. The number of anilines is 1. The van der Waals surface area contributed by atoms with Crippen molar-refractivity contribution >= 4 is 11.7 Å². The minimum Gasteiger partial charge on any atom is -0.480 e. The standard InChI is InChI=1S/C18H15F2N5O2/c1-9-17-11(10-3-4-12(19)13(20)7-10)8-15(26)21-18(17)25(24-9)14-5-6-16(27-2)23-22-14/h3-7,11H,8H2,1-2H3,(H,21,26)/t11-/m0/s1. The molecule has 0 bridgehead atoms. The van der Waals surface area contributed by atoms with Gasteiger partial charge < -0.3 is 10.1 Å². The molecule has 0 fully saturated rings. The normalized spacial score (nSPS) is 16.0. The lowest BCUT2D eigenvalue weighted by molar-refractivity contribution is -0.116. The summed E-state index contributed by atoms with van der Waals surface area (Å²) in [7, 11) is 1.48. The Balaban J connectivity index is 1.83. The number of hydrogen-bond acceptors (Lipinski definition) is 5. The van der Waals surface area contributed by atoms with Crippen LogP contribution in [0.4, 0.5) is 14.6 Å². The number of nitrogens with zero attached hydrogens (tertiary/aromatic N) is 4. The Bertz CT molecular complexity index is 1030. The molecule has 1 N–H and O–H groups in total. The SMILES string of the molecule is COc1ccc(-n2nc(C)c3c2NC(=O)C[C@H]3c2ccc(F)c(F)c2)nn1. The first-order chi connectivity index (χ1) is 13.0. The highest BCUT2D eigenvalue weighted by molar-refractivity contribution is 5.95. The molecule has 1 aromatic carbocycles. The number of amides is 1. The van der Waals surface area contributed by atoms with E-state index >= 15 is 0 Å². The molecule has 1 atom stereocenters. The quantitative estimate of drug-likeness (QED) is 0.766. The predicted molar refractivity (Wildman–Crippen MR) is 91.9 cm³/mol. The molecule has 3 heterocycles. The molecular weight excluding hydrogens is 356 g/mol. The summed E-state index contributed by atoms with van der Waals surface area (Å²) >= 11 is 0. The van der Waals surface area contributed by atoms with E-state index in [0.29, 0.717) is 28.8 Å². The molecule has 1 aliphatic rings. The van der Waals surface area contributed by atoms with Crippen molar-refractivity contribution < 1.29 is 18.3 Å². The third-order valence-corrected chi connectivity index (χ3v) is 4.50. The lowest BCUT2D eigenvalue weighted by Gasteiger charge is -2.24. The summed E-state index contributed by atoms with van der Waals surface area (Å²) < 4.78 is 33.5. The zero-order valence-electron chi connectivity index (χ0n) is 14.5. The van der Waals surface area contributed by atoms with E-state index in [1.807, 2.05) is 0 Å². The van der Waals surface area contributed by atoms with Gasteiger partial charge in [0.05, 0.1) is 12.8 Å². The molecule has 138 valence electrons. The number of methoxy groups -OCH3 is 1. The van der Waals surface area contributed by atoms with Crippen LogP contribution in [0.2, 0.25) is 0 Å². The van der Waals surface area contributed by atoms with E-state index in [1.54, 1.807) is 19.1 Å². The maximum absolute atomic E-state index is 13.7. The largest absolute Gasteiger partial charge is 0.480 e. The molecule has 0 aliphatic carbocycles. The Labute approximate surface area is 153 Å². The number of nitrogens with one attached hydrogen (secondary N) is 1. The Morgan fingerprint density at radius 2 is 2.00 bits per heavy atom. The van der Waals surface area contributed by atoms with Crippen molar-refractivity contribution in [2.75, 3.05) is 12.4 Å². The summed E-state index contributed by atoms with van der Waals surface area (Å²) in [5, 5.41) is 15.2. The van der Waals surface area contributed by atoms with Crippen molar-refractivity contribution in [3.8, 4) is 11.7 Å². The molecule has 0 unspecified atom stereocenters. The van der Waals surface area contributed by atoms with Gasteiger partial charge in [-0.25, -0.2) is 8.78 Å². The number of halogens is 2. The van der Waals surface area contributed by atoms with Gasteiger partial charge in [0, 0.05) is 24.0 Å². The maximum atomic E-state index is 13.7. The Hall–Kier alpha value is -3.36. The predicted octanol–water partition coefficient (Wildman–Crippen LogP) is 2.73. The van der Waals surface area contributed by atoms with Crippen LogP contribution < -0.4 is 10.1 Å². The summed E-state index contributed by atoms with van der Waals surface area (Å²) in [4.78, 5) is 12.3. The second kappa shape index (κ2) is 6.42. The van der Waals surface area contributed by atoms with Gasteiger partial charge in [-0.3, -0.25) is 4.79 Å². The summed E-state index contributed by atoms with van der Waals surface area (Å²) in [5.74, 6) is -1.39. The minimum atomic E-state index is -0.953. The van der Waals surface area contributed by atoms with E-state index in [1.165, 1.54) is 17.9 Å². The topological polar surface area (TPSA) is 81.9 Å². The van der Waals surface area contributed by atoms with Gasteiger partial charge in [0.2, 0.25) is 11.8 Å². The van der Waals surface area contributed by atoms with E-state index in [4.69, 9.17) is 4.74 Å². The molecule has 7 nitrogen and oxygen atoms in total. The number of aryl methyl sites for hydroxylation is 1. The number of fused-ring (bicyclic) bond motifs is 1. The van der Waals surface area contributed by atoms with Crippen LogP contribution in [0.1, 0.15) is 29.2 Å². The van der Waals surface area contributed by atoms with Crippen LogP contribution in [-0.4, -0.2) is 33.0 Å². The summed E-state index contributed by atoms with van der Waals surface area (Å²) in [6, 6.07) is 6.95. The van der Waals surface area contributed by atoms with Gasteiger partial charge in [-0.2, -0.15) is 9.78 Å². The summed E-state index contributed by atoms with van der Waals surface area (Å²) in [6.07, 6.45) is 0.110. The van der Waals surface area contributed by atoms with E-state index < -0.39 is 17.6 Å². The van der Waals surface area contributed by atoms with E-state index in [9.17, 15) is 13.6 Å². The highest BCUT2D eigenvalue weighted by Gasteiger charge is 2.33. The van der Waals surface area contributed by atoms with Crippen molar-refractivity contribution in [3.63, 3.8) is 0 Å². The maximum Gasteiger partial charge on any atom is 0.233 e. The molecule has 27 heavy (non-hydrogen) atoms. The molecule has 0 saturated carbocycles. The van der Waals surface area contributed by atoms with E-state index in [2.05, 4.69) is 20.6 Å². The van der Waals surface area contributed by atoms with Crippen molar-refractivity contribution in [3.05, 3.63) is 58.8 Å². The number of benzene rings is 1. The van der Waals surface area contributed by atoms with Crippen LogP contribution in [0, 0.1) is 18.6 Å². The second-order valence-electron chi connectivity index (χ2n) is 6.17. The molecular formula is C18H15F2N5O2. The number of carbonyl (C=O) groups excluding carboxylic acids is 1. The fourth-order valence-corrected chi connectivity index (χ4v) is 3.26. The van der Waals surface area contributed by atoms with Crippen molar-refractivity contribution in [2.24, 2.45) is 0 Å². The van der Waals surface area contributed by atoms with Crippen LogP contribution in [0.25, 0.3) is 5.82 Å². The number of ether oxygens (including phenoxy) is 1. The van der Waals surface area contributed by atoms with Gasteiger partial charge in [-0.1, -0.05) is 6.07 Å². The van der Waals surface area contributed by atoms with Gasteiger partial charge in [0.15, 0.2) is 17.5 Å². The van der Waals surface area contributed by atoms with Crippen LogP contribution in [0.3, 0.4) is 0 Å². The number of hydrogen-bond donors (Lipinski definition) is 1. The smallest absolute Gasteiger partial charge is 0.233 e. The lowest BCUT2D eigenvalue weighted by atomic mass is 9.86. The van der Waals surface area contributed by atoms with Gasteiger partial charge in [-0.15, -0.1) is 10.2 Å². The minimum absolute atomic E-state index is 0.110.